The number of allylic oxidation sites excluding steroid dienone is 1. The van der Waals surface area contributed by atoms with E-state index >= 15 is 0 Å². The molecule has 80 heavy (non-hydrogen) atoms. The van der Waals surface area contributed by atoms with Crippen molar-refractivity contribution in [2.45, 2.75) is 160 Å². The van der Waals surface area contributed by atoms with Crippen molar-refractivity contribution in [1.82, 2.24) is 9.78 Å². The van der Waals surface area contributed by atoms with Gasteiger partial charge in [0.1, 0.15) is 29.2 Å². The molecule has 9 saturated carbocycles. The van der Waals surface area contributed by atoms with Gasteiger partial charge in [-0.1, -0.05) is 6.92 Å². The Balaban J connectivity index is 0.000000476. The molecule has 451 valence electrons. The van der Waals surface area contributed by atoms with Crippen LogP contribution in [-0.4, -0.2) is 139 Å². The van der Waals surface area contributed by atoms with Gasteiger partial charge in [-0.2, -0.15) is 18.3 Å². The van der Waals surface area contributed by atoms with Crippen LogP contribution < -0.4 is 29.7 Å². The van der Waals surface area contributed by atoms with Crippen molar-refractivity contribution in [1.29, 1.82) is 0 Å². The minimum Gasteiger partial charge on any atom is -0.875 e. The number of carbonyl (C=O) groups excluding carboxylic acids is 6. The molecule has 1 saturated heterocycles. The summed E-state index contributed by atoms with van der Waals surface area (Å²) in [5.41, 5.74) is 3.03. The number of ether oxygens (including phenoxy) is 6. The van der Waals surface area contributed by atoms with E-state index in [1.54, 1.807) is 35.0 Å². The van der Waals surface area contributed by atoms with E-state index in [9.17, 15) is 52.2 Å². The van der Waals surface area contributed by atoms with Crippen molar-refractivity contribution in [3.63, 3.8) is 0 Å². The average Bonchev–Trinajstić information content (AvgIpc) is 4.30. The van der Waals surface area contributed by atoms with Crippen LogP contribution in [0.4, 0.5) is 13.2 Å². The van der Waals surface area contributed by atoms with Gasteiger partial charge in [-0.15, -0.1) is 18.2 Å². The van der Waals surface area contributed by atoms with Crippen LogP contribution in [-0.2, 0) is 83.7 Å². The summed E-state index contributed by atoms with van der Waals surface area (Å²) < 4.78 is 69.7. The van der Waals surface area contributed by atoms with Crippen molar-refractivity contribution >= 4 is 70.1 Å². The molecule has 0 aromatic carbocycles. The summed E-state index contributed by atoms with van der Waals surface area (Å²) in [5.74, 6) is 3.08. The second-order valence-electron chi connectivity index (χ2n) is 21.5. The van der Waals surface area contributed by atoms with Gasteiger partial charge in [-0.25, -0.2) is 4.68 Å². The molecule has 12 rings (SSSR count). The van der Waals surface area contributed by atoms with E-state index in [0.29, 0.717) is 66.8 Å². The number of hydrogen-bond donors (Lipinski definition) is 3. The fourth-order valence-corrected chi connectivity index (χ4v) is 11.8. The molecule has 10 aliphatic carbocycles. The van der Waals surface area contributed by atoms with Crippen LogP contribution in [0.1, 0.15) is 146 Å². The summed E-state index contributed by atoms with van der Waals surface area (Å²) in [7, 11) is 5.87. The second kappa shape index (κ2) is 33.1. The molecular weight excluding hydrogens is 1220 g/mol. The van der Waals surface area contributed by atoms with Gasteiger partial charge in [0.15, 0.2) is 23.0 Å². The first-order valence-corrected chi connectivity index (χ1v) is 28.3. The van der Waals surface area contributed by atoms with Gasteiger partial charge in [0, 0.05) is 103 Å². The van der Waals surface area contributed by atoms with E-state index in [4.69, 9.17) is 29.8 Å². The molecule has 2 heterocycles. The quantitative estimate of drug-likeness (QED) is 0.0794. The van der Waals surface area contributed by atoms with Crippen molar-refractivity contribution in [3.05, 3.63) is 33.2 Å². The number of hydrogen-bond acceptors (Lipinski definition) is 17. The van der Waals surface area contributed by atoms with Crippen molar-refractivity contribution in [2.24, 2.45) is 59.0 Å². The zero-order valence-electron chi connectivity index (χ0n) is 48.3. The number of carbonyl (C=O) groups is 6. The molecule has 1 aromatic rings. The Hall–Kier alpha value is -1.92. The second-order valence-corrected chi connectivity index (χ2v) is 21.5. The molecule has 1 aliphatic heterocycles. The molecule has 4 unspecified atom stereocenters. The molecular formula is C55H84ClF3ILiN3O15V-. The topological polar surface area (TPSA) is 265 Å². The zero-order chi connectivity index (χ0) is 58.0. The van der Waals surface area contributed by atoms with Crippen LogP contribution >= 0.6 is 35.0 Å². The molecule has 14 atom stereocenters. The van der Waals surface area contributed by atoms with Gasteiger partial charge < -0.3 is 72.1 Å². The van der Waals surface area contributed by atoms with Crippen LogP contribution in [0.2, 0.25) is 0 Å². The predicted molar refractivity (Wildman–Crippen MR) is 289 cm³/mol. The summed E-state index contributed by atoms with van der Waals surface area (Å²) in [6.07, 6.45) is 6.90. The molecule has 0 spiro atoms. The first-order valence-electron chi connectivity index (χ1n) is 26.8. The summed E-state index contributed by atoms with van der Waals surface area (Å²) >= 11 is 1.90. The Kier molecular flexibility index (Phi) is 31.5. The number of esters is 2. The maximum atomic E-state index is 13.0. The third-order valence-corrected chi connectivity index (χ3v) is 16.9. The van der Waals surface area contributed by atoms with E-state index < -0.39 is 35.6 Å². The number of nitrogens with two attached hydrogens (primary N) is 1. The van der Waals surface area contributed by atoms with Gasteiger partial charge >= 0.3 is 37.0 Å². The third-order valence-electron chi connectivity index (χ3n) is 16.9. The van der Waals surface area contributed by atoms with E-state index in [0.717, 1.165) is 62.5 Å². The van der Waals surface area contributed by atoms with Crippen LogP contribution in [0.15, 0.2) is 11.3 Å². The van der Waals surface area contributed by atoms with Gasteiger partial charge in [0.2, 0.25) is 0 Å². The van der Waals surface area contributed by atoms with Gasteiger partial charge in [0.25, 0.3) is 0 Å². The van der Waals surface area contributed by atoms with Crippen molar-refractivity contribution in [2.75, 3.05) is 61.4 Å². The summed E-state index contributed by atoms with van der Waals surface area (Å²) in [6, 6.07) is 0. The summed E-state index contributed by atoms with van der Waals surface area (Å²) in [6.45, 7) is 13.0. The number of aliphatic hydroxyl groups is 2. The molecule has 1 aromatic heterocycles. The minimum atomic E-state index is -4.62. The molecule has 0 bridgehead atoms. The average molecular weight is 1300 g/mol. The number of aromatic nitrogens is 2. The van der Waals surface area contributed by atoms with E-state index in [-0.39, 0.29) is 126 Å². The van der Waals surface area contributed by atoms with Crippen LogP contribution in [0, 0.1) is 58.2 Å². The monoisotopic (exact) mass is 1300 g/mol. The zero-order valence-corrected chi connectivity index (χ0v) is 52.7. The largest absolute Gasteiger partial charge is 1.00 e. The SMILES string of the molecule is C1CCOC1.CCOC(=O)CCN.CCOC(=O)Cn1nc(C(F)(F)F)c2c1C(=O)[C@@H]1C[C@H]21.CO.COC1(C)C(=O)/C(=C(/C)[O-])[C@H]2C[C@H]21.COC1(C)C(=O)C[C@H]2C[C@H]21.COC1(C)C(O)C[C@H]2C[C@H]21.Cl.O=C1CC[C@H]2C[C@@H]12.[CH2-]I.[Li+].[V]. The Bertz CT molecular complexity index is 2260. The number of rotatable bonds is 9. The van der Waals surface area contributed by atoms with Gasteiger partial charge in [-0.05, 0) is 139 Å². The van der Waals surface area contributed by atoms with Crippen LogP contribution in [0.3, 0.4) is 0 Å². The number of methoxy groups -OCH3 is 3. The maximum Gasteiger partial charge on any atom is 1.00 e. The number of fused-ring (bicyclic) bond motifs is 7. The first-order chi connectivity index (χ1) is 36.4. The fraction of sp³-hybridized carbons (Fsp3) is 0.782. The normalized spacial score (nSPS) is 33.7. The van der Waals surface area contributed by atoms with E-state index in [1.807, 2.05) is 36.4 Å². The Morgan fingerprint density at radius 1 is 0.825 bits per heavy atom. The summed E-state index contributed by atoms with van der Waals surface area (Å²) in [5, 5.41) is 31.1. The summed E-state index contributed by atoms with van der Waals surface area (Å²) in [4.78, 5) is 70.5. The molecule has 11 aliphatic rings. The number of alkyl halides is 3. The maximum absolute atomic E-state index is 13.0. The Morgan fingerprint density at radius 3 is 1.74 bits per heavy atom. The molecule has 18 nitrogen and oxygen atoms in total. The van der Waals surface area contributed by atoms with E-state index in [1.165, 1.54) is 52.6 Å². The van der Waals surface area contributed by atoms with Crippen LogP contribution in [0.25, 0.3) is 0 Å². The molecule has 10 fully saturated rings. The third kappa shape index (κ3) is 18.1. The number of halogens is 5. The number of nitrogens with zero attached hydrogens (tertiary/aromatic N) is 2. The minimum absolute atomic E-state index is 0. The first kappa shape index (κ1) is 76.1. The predicted octanol–water partition coefficient (Wildman–Crippen LogP) is 3.73. The van der Waals surface area contributed by atoms with Gasteiger partial charge in [-0.3, -0.25) is 33.7 Å². The number of ketones is 4. The smallest absolute Gasteiger partial charge is 0.875 e. The molecule has 0 amide bonds. The number of aliphatic hydroxyl groups excluding tert-OH is 2. The Morgan fingerprint density at radius 2 is 1.40 bits per heavy atom. The van der Waals surface area contributed by atoms with E-state index in [2.05, 4.69) is 19.5 Å². The molecule has 4 N–H and O–H groups in total. The standard InChI is InChI=1S/C12H11F3N2O3.C10H14O3.C8H14O2.C8H12O2.C6H8O.C5H11NO2.C4H8O.CH2I.CH4O.ClH.Li.V/c1-2-20-7(18)4-17-9-8(5-3-6(5)10(9)19)11(16-17)12(13,14)15;1-5(11)8-6-4-7(6)10(2,13-3)9(8)12;2*1-8(10-2)6-3-5(6)4-7(8)9;7-6-2-1-4-3-5(4)6;1-2-8-5(7)3-4-6;1-2-4-5-3-1;2*1-2;;;/h5-6H,2-4H2,1H3;6-7,11H,4H2,1-3H3;5-7,9H,3-4H2,1-2H3;5-6H,3-4H2,1-2H3;4-5H,1-3H2;2-4,6H2,1H3;1-4H2;1H2;2H,1H3;1H;;/q;;;;;;;-1;;;+1;/p-1/b;8-5-;;;;;;;;;;/t5-,6+;6-,7+,10?;5-,6-,7?,8?;5-,6-,8?;4-,5+;;;;;;;/m00110......./s1. The molecule has 1 radical (unpaired) electrons. The fourth-order valence-electron chi connectivity index (χ4n) is 11.8. The Labute approximate surface area is 513 Å². The number of Topliss-reactive ketones (excluding diaryl/α,β-unsaturated/α-hetero) is 4. The van der Waals surface area contributed by atoms with Crippen molar-refractivity contribution in [3.8, 4) is 0 Å². The van der Waals surface area contributed by atoms with Crippen LogP contribution in [0.5, 0.6) is 0 Å². The van der Waals surface area contributed by atoms with Crippen molar-refractivity contribution < 1.29 is 123 Å². The molecule has 25 heteroatoms. The van der Waals surface area contributed by atoms with Gasteiger partial charge in [0.05, 0.1) is 31.3 Å².